The van der Waals surface area contributed by atoms with Crippen LogP contribution in [-0.4, -0.2) is 45.4 Å². The minimum atomic E-state index is -1.20. The van der Waals surface area contributed by atoms with Gasteiger partial charge in [0.1, 0.15) is 13.1 Å². The number of aryl methyl sites for hydroxylation is 1. The molecule has 110 valence electrons. The average molecular weight is 289 g/mol. The second-order valence-corrected chi connectivity index (χ2v) is 4.69. The van der Waals surface area contributed by atoms with E-state index in [1.807, 2.05) is 12.1 Å². The van der Waals surface area contributed by atoms with Crippen LogP contribution >= 0.6 is 0 Å². The van der Waals surface area contributed by atoms with Gasteiger partial charge in [-0.2, -0.15) is 0 Å². The quantitative estimate of drug-likeness (QED) is 0.819. The Morgan fingerprint density at radius 3 is 2.52 bits per heavy atom. The van der Waals surface area contributed by atoms with Crippen LogP contribution in [0.25, 0.3) is 10.9 Å². The third-order valence-corrected chi connectivity index (χ3v) is 3.09. The summed E-state index contributed by atoms with van der Waals surface area (Å²) >= 11 is 0. The Morgan fingerprint density at radius 1 is 1.24 bits per heavy atom. The molecule has 3 N–H and O–H groups in total. The van der Waals surface area contributed by atoms with E-state index in [-0.39, 0.29) is 0 Å². The first-order valence-corrected chi connectivity index (χ1v) is 6.23. The zero-order valence-corrected chi connectivity index (χ0v) is 11.4. The molecule has 0 saturated carbocycles. The van der Waals surface area contributed by atoms with E-state index < -0.39 is 30.9 Å². The lowest BCUT2D eigenvalue weighted by Crippen LogP contribution is -2.41. The van der Waals surface area contributed by atoms with E-state index in [0.717, 1.165) is 10.4 Å². The highest BCUT2D eigenvalue weighted by molar-refractivity contribution is 6.08. The van der Waals surface area contributed by atoms with Crippen LogP contribution in [0.5, 0.6) is 0 Å². The van der Waals surface area contributed by atoms with Crippen molar-refractivity contribution in [2.45, 2.75) is 0 Å². The standard InChI is InChI=1S/C14H15N3O4/c1-16-6-10(9-4-2-3-5-11(9)16)14(21)17(7-12(15)18)8-13(19)20/h2-6H,7-8H2,1H3,(H2,15,18)(H,19,20). The van der Waals surface area contributed by atoms with Gasteiger partial charge in [-0.1, -0.05) is 18.2 Å². The smallest absolute Gasteiger partial charge is 0.323 e. The molecule has 0 radical (unpaired) electrons. The monoisotopic (exact) mass is 289 g/mol. The van der Waals surface area contributed by atoms with Gasteiger partial charge < -0.3 is 20.3 Å². The first kappa shape index (κ1) is 14.6. The molecule has 1 heterocycles. The van der Waals surface area contributed by atoms with Gasteiger partial charge in [0.2, 0.25) is 5.91 Å². The van der Waals surface area contributed by atoms with Gasteiger partial charge in [0.25, 0.3) is 5.91 Å². The third-order valence-electron chi connectivity index (χ3n) is 3.09. The molecule has 0 spiro atoms. The molecule has 2 rings (SSSR count). The summed E-state index contributed by atoms with van der Waals surface area (Å²) in [6.45, 7) is -1.01. The summed E-state index contributed by atoms with van der Waals surface area (Å²) in [5, 5.41) is 9.56. The van der Waals surface area contributed by atoms with Gasteiger partial charge in [-0.3, -0.25) is 14.4 Å². The van der Waals surface area contributed by atoms with Crippen molar-refractivity contribution in [2.75, 3.05) is 13.1 Å². The van der Waals surface area contributed by atoms with Gasteiger partial charge in [0.15, 0.2) is 0 Å². The van der Waals surface area contributed by atoms with Crippen LogP contribution in [0.15, 0.2) is 30.5 Å². The number of nitrogens with zero attached hydrogens (tertiary/aromatic N) is 2. The van der Waals surface area contributed by atoms with Crippen LogP contribution in [0.1, 0.15) is 10.4 Å². The van der Waals surface area contributed by atoms with E-state index in [1.165, 1.54) is 0 Å². The molecule has 0 unspecified atom stereocenters. The maximum Gasteiger partial charge on any atom is 0.323 e. The Hall–Kier alpha value is -2.83. The molecular formula is C14H15N3O4. The first-order chi connectivity index (χ1) is 9.90. The van der Waals surface area contributed by atoms with Crippen LogP contribution in [-0.2, 0) is 16.6 Å². The normalized spacial score (nSPS) is 10.5. The summed E-state index contributed by atoms with van der Waals surface area (Å²) in [7, 11) is 1.79. The van der Waals surface area contributed by atoms with Gasteiger partial charge >= 0.3 is 5.97 Å². The summed E-state index contributed by atoms with van der Waals surface area (Å²) in [5.74, 6) is -2.50. The van der Waals surface area contributed by atoms with Crippen LogP contribution < -0.4 is 5.73 Å². The van der Waals surface area contributed by atoms with Gasteiger partial charge in [-0.15, -0.1) is 0 Å². The zero-order valence-electron chi connectivity index (χ0n) is 11.4. The molecular weight excluding hydrogens is 274 g/mol. The van der Waals surface area contributed by atoms with Gasteiger partial charge in [0, 0.05) is 24.1 Å². The Kier molecular flexibility index (Phi) is 3.93. The summed E-state index contributed by atoms with van der Waals surface area (Å²) < 4.78 is 1.77. The highest BCUT2D eigenvalue weighted by Crippen LogP contribution is 2.21. The van der Waals surface area contributed by atoms with Crippen LogP contribution in [0, 0.1) is 0 Å². The molecule has 0 aliphatic carbocycles. The van der Waals surface area contributed by atoms with Crippen LogP contribution in [0.3, 0.4) is 0 Å². The Labute approximate surface area is 120 Å². The minimum absolute atomic E-state index is 0.343. The molecule has 0 aliphatic rings. The topological polar surface area (TPSA) is 106 Å². The van der Waals surface area contributed by atoms with Crippen molar-refractivity contribution in [1.82, 2.24) is 9.47 Å². The maximum absolute atomic E-state index is 12.5. The van der Waals surface area contributed by atoms with Crippen molar-refractivity contribution in [1.29, 1.82) is 0 Å². The number of benzene rings is 1. The van der Waals surface area contributed by atoms with E-state index in [4.69, 9.17) is 10.8 Å². The van der Waals surface area contributed by atoms with Crippen LogP contribution in [0.4, 0.5) is 0 Å². The summed E-state index contributed by atoms with van der Waals surface area (Å²) in [6.07, 6.45) is 1.61. The molecule has 2 amide bonds. The molecule has 0 bridgehead atoms. The number of para-hydroxylation sites is 1. The largest absolute Gasteiger partial charge is 0.480 e. The average Bonchev–Trinajstić information content (AvgIpc) is 2.74. The number of fused-ring (bicyclic) bond motifs is 1. The Morgan fingerprint density at radius 2 is 1.90 bits per heavy atom. The number of rotatable bonds is 5. The SMILES string of the molecule is Cn1cc(C(=O)N(CC(N)=O)CC(=O)O)c2ccccc21. The summed E-state index contributed by atoms with van der Waals surface area (Å²) in [4.78, 5) is 35.3. The Balaban J connectivity index is 2.43. The van der Waals surface area contributed by atoms with E-state index in [9.17, 15) is 14.4 Å². The number of hydrogen-bond acceptors (Lipinski definition) is 3. The van der Waals surface area contributed by atoms with E-state index in [1.54, 1.807) is 29.9 Å². The molecule has 7 heteroatoms. The first-order valence-electron chi connectivity index (χ1n) is 6.23. The van der Waals surface area contributed by atoms with Crippen molar-refractivity contribution < 1.29 is 19.5 Å². The van der Waals surface area contributed by atoms with Crippen molar-refractivity contribution in [3.63, 3.8) is 0 Å². The lowest BCUT2D eigenvalue weighted by atomic mass is 10.1. The number of carboxylic acid groups (broad SMARTS) is 1. The number of aliphatic carboxylic acids is 1. The number of carbonyl (C=O) groups excluding carboxylic acids is 2. The van der Waals surface area contributed by atoms with Crippen molar-refractivity contribution >= 4 is 28.7 Å². The number of amides is 2. The van der Waals surface area contributed by atoms with Gasteiger partial charge in [0.05, 0.1) is 5.56 Å². The predicted molar refractivity (Wildman–Crippen MR) is 75.7 cm³/mol. The molecule has 7 nitrogen and oxygen atoms in total. The highest BCUT2D eigenvalue weighted by atomic mass is 16.4. The van der Waals surface area contributed by atoms with Crippen molar-refractivity contribution in [2.24, 2.45) is 12.8 Å². The molecule has 21 heavy (non-hydrogen) atoms. The minimum Gasteiger partial charge on any atom is -0.480 e. The second kappa shape index (κ2) is 5.66. The second-order valence-electron chi connectivity index (χ2n) is 4.69. The lowest BCUT2D eigenvalue weighted by molar-refractivity contribution is -0.138. The fourth-order valence-corrected chi connectivity index (χ4v) is 2.23. The molecule has 1 aromatic carbocycles. The van der Waals surface area contributed by atoms with E-state index in [2.05, 4.69) is 0 Å². The number of hydrogen-bond donors (Lipinski definition) is 2. The summed E-state index contributed by atoms with van der Waals surface area (Å²) in [6, 6.07) is 7.25. The predicted octanol–water partition coefficient (Wildman–Crippen LogP) is 0.190. The molecule has 0 fully saturated rings. The zero-order chi connectivity index (χ0) is 15.6. The van der Waals surface area contributed by atoms with Gasteiger partial charge in [-0.25, -0.2) is 0 Å². The third kappa shape index (κ3) is 3.02. The number of carboxylic acids is 1. The lowest BCUT2D eigenvalue weighted by Gasteiger charge is -2.18. The number of primary amides is 1. The number of nitrogens with two attached hydrogens (primary N) is 1. The molecule has 1 aromatic heterocycles. The van der Waals surface area contributed by atoms with Gasteiger partial charge in [-0.05, 0) is 6.07 Å². The highest BCUT2D eigenvalue weighted by Gasteiger charge is 2.23. The molecule has 0 saturated heterocycles. The fourth-order valence-electron chi connectivity index (χ4n) is 2.23. The number of carbonyl (C=O) groups is 3. The fraction of sp³-hybridized carbons (Fsp3) is 0.214. The van der Waals surface area contributed by atoms with Crippen molar-refractivity contribution in [3.8, 4) is 0 Å². The molecule has 0 aliphatic heterocycles. The van der Waals surface area contributed by atoms with Crippen LogP contribution in [0.2, 0.25) is 0 Å². The number of aromatic nitrogens is 1. The maximum atomic E-state index is 12.5. The molecule has 0 atom stereocenters. The summed E-state index contributed by atoms with van der Waals surface area (Å²) in [5.41, 5.74) is 6.26. The van der Waals surface area contributed by atoms with E-state index >= 15 is 0 Å². The van der Waals surface area contributed by atoms with Crippen molar-refractivity contribution in [3.05, 3.63) is 36.0 Å². The van der Waals surface area contributed by atoms with E-state index in [0.29, 0.717) is 10.9 Å². The Bertz CT molecular complexity index is 704. The molecule has 2 aromatic rings.